The number of piperidine rings is 1. The topological polar surface area (TPSA) is 41.0 Å². The lowest BCUT2D eigenvalue weighted by Gasteiger charge is -2.26. The van der Waals surface area contributed by atoms with Crippen LogP contribution in [0.4, 0.5) is 4.39 Å². The molecule has 2 heterocycles. The van der Waals surface area contributed by atoms with Gasteiger partial charge in [-0.2, -0.15) is 0 Å². The fraction of sp³-hybridized carbons (Fsp3) is 0.500. The van der Waals surface area contributed by atoms with E-state index in [1.807, 2.05) is 0 Å². The van der Waals surface area contributed by atoms with Gasteiger partial charge >= 0.3 is 5.69 Å². The van der Waals surface area contributed by atoms with E-state index in [0.717, 1.165) is 19.6 Å². The molecule has 1 aromatic heterocycles. The first-order valence-corrected chi connectivity index (χ1v) is 6.85. The number of para-hydroxylation sites is 1. The predicted molar refractivity (Wildman–Crippen MR) is 72.8 cm³/mol. The SMILES string of the molecule is O=c1[nH]c2cccc(F)c2n1CCN1CCCCC1. The summed E-state index contributed by atoms with van der Waals surface area (Å²) in [6, 6.07) is 4.74. The molecule has 5 heteroatoms. The highest BCUT2D eigenvalue weighted by Gasteiger charge is 2.13. The Morgan fingerprint density at radius 2 is 1.95 bits per heavy atom. The van der Waals surface area contributed by atoms with E-state index in [-0.39, 0.29) is 11.5 Å². The first-order chi connectivity index (χ1) is 9.25. The molecule has 102 valence electrons. The molecule has 0 bridgehead atoms. The van der Waals surface area contributed by atoms with E-state index in [1.54, 1.807) is 12.1 Å². The Morgan fingerprint density at radius 3 is 2.74 bits per heavy atom. The molecule has 2 aromatic rings. The maximum absolute atomic E-state index is 13.8. The van der Waals surface area contributed by atoms with Gasteiger partial charge in [-0.1, -0.05) is 12.5 Å². The summed E-state index contributed by atoms with van der Waals surface area (Å²) in [7, 11) is 0. The molecular formula is C14H18FN3O. The third-order valence-corrected chi connectivity index (χ3v) is 3.83. The van der Waals surface area contributed by atoms with Crippen LogP contribution in [-0.4, -0.2) is 34.1 Å². The first-order valence-electron chi connectivity index (χ1n) is 6.85. The zero-order valence-corrected chi connectivity index (χ0v) is 10.9. The van der Waals surface area contributed by atoms with Gasteiger partial charge in [0.05, 0.1) is 5.52 Å². The molecule has 1 fully saturated rings. The van der Waals surface area contributed by atoms with Crippen LogP contribution in [0.15, 0.2) is 23.0 Å². The summed E-state index contributed by atoms with van der Waals surface area (Å²) in [6.45, 7) is 3.51. The number of halogens is 1. The molecular weight excluding hydrogens is 245 g/mol. The van der Waals surface area contributed by atoms with Crippen LogP contribution in [-0.2, 0) is 6.54 Å². The van der Waals surface area contributed by atoms with Crippen molar-refractivity contribution in [1.29, 1.82) is 0 Å². The lowest BCUT2D eigenvalue weighted by molar-refractivity contribution is 0.221. The predicted octanol–water partition coefficient (Wildman–Crippen LogP) is 1.95. The molecule has 1 N–H and O–H groups in total. The largest absolute Gasteiger partial charge is 0.326 e. The quantitative estimate of drug-likeness (QED) is 0.919. The van der Waals surface area contributed by atoms with Crippen LogP contribution in [0.1, 0.15) is 19.3 Å². The number of rotatable bonds is 3. The average Bonchev–Trinajstić information content (AvgIpc) is 2.75. The number of aromatic nitrogens is 2. The van der Waals surface area contributed by atoms with Crippen LogP contribution in [0.25, 0.3) is 11.0 Å². The van der Waals surface area contributed by atoms with Crippen molar-refractivity contribution in [2.24, 2.45) is 0 Å². The number of hydrogen-bond donors (Lipinski definition) is 1. The van der Waals surface area contributed by atoms with Crippen LogP contribution in [0, 0.1) is 5.82 Å². The third-order valence-electron chi connectivity index (χ3n) is 3.83. The van der Waals surface area contributed by atoms with Crippen LogP contribution in [0.2, 0.25) is 0 Å². The highest BCUT2D eigenvalue weighted by atomic mass is 19.1. The average molecular weight is 263 g/mol. The van der Waals surface area contributed by atoms with Crippen molar-refractivity contribution in [3.8, 4) is 0 Å². The third kappa shape index (κ3) is 2.42. The van der Waals surface area contributed by atoms with Crippen molar-refractivity contribution in [2.45, 2.75) is 25.8 Å². The molecule has 3 rings (SSSR count). The summed E-state index contributed by atoms with van der Waals surface area (Å²) in [5.74, 6) is -0.338. The summed E-state index contributed by atoms with van der Waals surface area (Å²) >= 11 is 0. The van der Waals surface area contributed by atoms with Gasteiger partial charge in [-0.25, -0.2) is 9.18 Å². The standard InChI is InChI=1S/C14H18FN3O/c15-11-5-4-6-12-13(11)18(14(19)16-12)10-9-17-7-2-1-3-8-17/h4-6H,1-3,7-10H2,(H,16,19). The summed E-state index contributed by atoms with van der Waals surface area (Å²) in [4.78, 5) is 16.9. The second-order valence-electron chi connectivity index (χ2n) is 5.12. The molecule has 4 nitrogen and oxygen atoms in total. The van der Waals surface area contributed by atoms with E-state index in [4.69, 9.17) is 0 Å². The van der Waals surface area contributed by atoms with Crippen LogP contribution < -0.4 is 5.69 Å². The van der Waals surface area contributed by atoms with Crippen molar-refractivity contribution in [2.75, 3.05) is 19.6 Å². The fourth-order valence-corrected chi connectivity index (χ4v) is 2.81. The maximum atomic E-state index is 13.8. The molecule has 1 saturated heterocycles. The van der Waals surface area contributed by atoms with Gasteiger partial charge in [-0.3, -0.25) is 4.57 Å². The number of imidazole rings is 1. The molecule has 0 spiro atoms. The minimum atomic E-state index is -0.338. The van der Waals surface area contributed by atoms with Gasteiger partial charge < -0.3 is 9.88 Å². The van der Waals surface area contributed by atoms with Crippen molar-refractivity contribution >= 4 is 11.0 Å². The second kappa shape index (κ2) is 5.17. The number of nitrogens with zero attached hydrogens (tertiary/aromatic N) is 2. The van der Waals surface area contributed by atoms with E-state index >= 15 is 0 Å². The summed E-state index contributed by atoms with van der Waals surface area (Å²) in [5.41, 5.74) is 0.741. The maximum Gasteiger partial charge on any atom is 0.326 e. The van der Waals surface area contributed by atoms with Gasteiger partial charge in [-0.15, -0.1) is 0 Å². The van der Waals surface area contributed by atoms with Crippen LogP contribution in [0.3, 0.4) is 0 Å². The Labute approximate surface area is 110 Å². The van der Waals surface area contributed by atoms with Crippen molar-refractivity contribution < 1.29 is 4.39 Å². The molecule has 1 aromatic carbocycles. The number of fused-ring (bicyclic) bond motifs is 1. The van der Waals surface area contributed by atoms with E-state index in [1.165, 1.54) is 29.9 Å². The summed E-state index contributed by atoms with van der Waals surface area (Å²) in [6.07, 6.45) is 3.73. The van der Waals surface area contributed by atoms with Crippen molar-refractivity contribution in [3.63, 3.8) is 0 Å². The zero-order valence-electron chi connectivity index (χ0n) is 10.9. The van der Waals surface area contributed by atoms with Gasteiger partial charge in [0, 0.05) is 13.1 Å². The highest BCUT2D eigenvalue weighted by molar-refractivity contribution is 5.75. The molecule has 0 aliphatic carbocycles. The lowest BCUT2D eigenvalue weighted by atomic mass is 10.1. The van der Waals surface area contributed by atoms with Gasteiger partial charge in [0.25, 0.3) is 0 Å². The Hall–Kier alpha value is -1.62. The number of benzene rings is 1. The summed E-state index contributed by atoms with van der Waals surface area (Å²) in [5, 5.41) is 0. The number of hydrogen-bond acceptors (Lipinski definition) is 2. The molecule has 0 saturated carbocycles. The van der Waals surface area contributed by atoms with Crippen molar-refractivity contribution in [3.05, 3.63) is 34.5 Å². The van der Waals surface area contributed by atoms with Gasteiger partial charge in [0.2, 0.25) is 0 Å². The molecule has 1 aliphatic rings. The van der Waals surface area contributed by atoms with E-state index in [9.17, 15) is 9.18 Å². The van der Waals surface area contributed by atoms with Gasteiger partial charge in [0.1, 0.15) is 11.3 Å². The number of nitrogens with one attached hydrogen (secondary N) is 1. The Morgan fingerprint density at radius 1 is 1.16 bits per heavy atom. The zero-order chi connectivity index (χ0) is 13.2. The molecule has 19 heavy (non-hydrogen) atoms. The fourth-order valence-electron chi connectivity index (χ4n) is 2.81. The van der Waals surface area contributed by atoms with Gasteiger partial charge in [-0.05, 0) is 38.1 Å². The lowest BCUT2D eigenvalue weighted by Crippen LogP contribution is -2.34. The van der Waals surface area contributed by atoms with E-state index < -0.39 is 0 Å². The normalized spacial score (nSPS) is 17.1. The molecule has 0 radical (unpaired) electrons. The van der Waals surface area contributed by atoms with E-state index in [0.29, 0.717) is 17.6 Å². The number of likely N-dealkylation sites (tertiary alicyclic amines) is 1. The summed E-state index contributed by atoms with van der Waals surface area (Å²) < 4.78 is 15.3. The van der Waals surface area contributed by atoms with Crippen LogP contribution >= 0.6 is 0 Å². The Kier molecular flexibility index (Phi) is 3.38. The highest BCUT2D eigenvalue weighted by Crippen LogP contribution is 2.15. The molecule has 0 amide bonds. The second-order valence-corrected chi connectivity index (χ2v) is 5.12. The van der Waals surface area contributed by atoms with Gasteiger partial charge in [0.15, 0.2) is 0 Å². The minimum Gasteiger partial charge on any atom is -0.305 e. The Balaban J connectivity index is 1.84. The Bertz CT molecular complexity index is 625. The monoisotopic (exact) mass is 263 g/mol. The van der Waals surface area contributed by atoms with Crippen LogP contribution in [0.5, 0.6) is 0 Å². The van der Waals surface area contributed by atoms with Crippen molar-refractivity contribution in [1.82, 2.24) is 14.5 Å². The molecule has 0 unspecified atom stereocenters. The number of aromatic amines is 1. The smallest absolute Gasteiger partial charge is 0.305 e. The minimum absolute atomic E-state index is 0.225. The number of H-pyrrole nitrogens is 1. The molecule has 0 atom stereocenters. The van der Waals surface area contributed by atoms with E-state index in [2.05, 4.69) is 9.88 Å². The first kappa shape index (κ1) is 12.4. The molecule has 1 aliphatic heterocycles.